The number of carboxylic acids is 1. The maximum absolute atomic E-state index is 10.8. The van der Waals surface area contributed by atoms with Gasteiger partial charge in [-0.15, -0.1) is 0 Å². The number of hydrogen-bond donors (Lipinski definition) is 1. The minimum Gasteiger partial charge on any atom is -0.481 e. The second kappa shape index (κ2) is 6.36. The van der Waals surface area contributed by atoms with Gasteiger partial charge in [-0.2, -0.15) is 0 Å². The number of carbonyl (C=O) groups excluding carboxylic acids is 1. The third kappa shape index (κ3) is 3.32. The number of aliphatic carboxylic acids is 1. The molecule has 0 bridgehead atoms. The summed E-state index contributed by atoms with van der Waals surface area (Å²) in [6.07, 6.45) is 9.58. The van der Waals surface area contributed by atoms with Crippen LogP contribution in [-0.2, 0) is 4.79 Å². The molecule has 22 heavy (non-hydrogen) atoms. The molecule has 1 saturated carbocycles. The summed E-state index contributed by atoms with van der Waals surface area (Å²) >= 11 is 1.46. The van der Waals surface area contributed by atoms with Crippen LogP contribution in [0.4, 0.5) is 5.13 Å². The summed E-state index contributed by atoms with van der Waals surface area (Å²) in [6.45, 7) is 1.99. The number of anilines is 1. The van der Waals surface area contributed by atoms with Crippen molar-refractivity contribution < 1.29 is 14.7 Å². The van der Waals surface area contributed by atoms with Crippen LogP contribution in [0.15, 0.2) is 6.20 Å². The van der Waals surface area contributed by atoms with Crippen molar-refractivity contribution >= 4 is 28.7 Å². The molecular weight excluding hydrogens is 300 g/mol. The Balaban J connectivity index is 1.53. The lowest BCUT2D eigenvalue weighted by molar-refractivity contribution is -0.138. The van der Waals surface area contributed by atoms with Crippen molar-refractivity contribution in [3.63, 3.8) is 0 Å². The summed E-state index contributed by atoms with van der Waals surface area (Å²) in [6, 6.07) is 0. The van der Waals surface area contributed by atoms with E-state index in [9.17, 15) is 9.59 Å². The van der Waals surface area contributed by atoms with E-state index < -0.39 is 5.97 Å². The van der Waals surface area contributed by atoms with Crippen LogP contribution in [0.5, 0.6) is 0 Å². The highest BCUT2D eigenvalue weighted by atomic mass is 32.1. The fourth-order valence-corrected chi connectivity index (χ4v) is 4.67. The van der Waals surface area contributed by atoms with Crippen LogP contribution in [-0.4, -0.2) is 35.4 Å². The Morgan fingerprint density at radius 3 is 2.59 bits per heavy atom. The Bertz CT molecular complexity index is 539. The maximum Gasteiger partial charge on any atom is 0.303 e. The molecule has 1 spiro atoms. The Hall–Kier alpha value is -1.43. The number of aldehydes is 1. The van der Waals surface area contributed by atoms with Gasteiger partial charge in [-0.1, -0.05) is 11.3 Å². The van der Waals surface area contributed by atoms with Crippen molar-refractivity contribution in [2.24, 2.45) is 11.3 Å². The van der Waals surface area contributed by atoms with Gasteiger partial charge in [-0.3, -0.25) is 9.59 Å². The molecule has 1 saturated heterocycles. The summed E-state index contributed by atoms with van der Waals surface area (Å²) in [5.74, 6) is -0.291. The van der Waals surface area contributed by atoms with Crippen LogP contribution >= 0.6 is 11.3 Å². The van der Waals surface area contributed by atoms with Crippen LogP contribution in [0.2, 0.25) is 0 Å². The third-order valence-electron chi connectivity index (χ3n) is 5.35. The maximum atomic E-state index is 10.8. The van der Waals surface area contributed by atoms with E-state index in [1.54, 1.807) is 6.20 Å². The average molecular weight is 322 g/mol. The third-order valence-corrected chi connectivity index (χ3v) is 6.33. The predicted molar refractivity (Wildman–Crippen MR) is 85.6 cm³/mol. The number of rotatable bonds is 4. The quantitative estimate of drug-likeness (QED) is 0.862. The van der Waals surface area contributed by atoms with Crippen molar-refractivity contribution in [3.05, 3.63) is 11.1 Å². The first-order valence-electron chi connectivity index (χ1n) is 7.98. The summed E-state index contributed by atoms with van der Waals surface area (Å²) in [7, 11) is 0. The lowest BCUT2D eigenvalue weighted by atomic mass is 9.65. The lowest BCUT2D eigenvalue weighted by Crippen LogP contribution is -2.42. The molecule has 1 aromatic heterocycles. The molecular formula is C16H22N2O3S. The molecule has 3 rings (SSSR count). The minimum absolute atomic E-state index is 0.329. The molecule has 1 aliphatic heterocycles. The standard InChI is InChI=1S/C16H22N2O3S/c19-11-13-10-17-15(22-13)18-7-5-16(6-8-18)3-1-12(2-4-16)9-14(20)21/h10-12H,1-9H2,(H,20,21). The smallest absolute Gasteiger partial charge is 0.303 e. The first-order valence-corrected chi connectivity index (χ1v) is 8.80. The summed E-state index contributed by atoms with van der Waals surface area (Å²) < 4.78 is 0. The Labute approximate surface area is 134 Å². The Kier molecular flexibility index (Phi) is 4.47. The highest BCUT2D eigenvalue weighted by Crippen LogP contribution is 2.47. The zero-order valence-corrected chi connectivity index (χ0v) is 13.5. The minimum atomic E-state index is -0.662. The molecule has 2 fully saturated rings. The van der Waals surface area contributed by atoms with E-state index in [-0.39, 0.29) is 0 Å². The number of nitrogens with zero attached hydrogens (tertiary/aromatic N) is 2. The molecule has 1 N–H and O–H groups in total. The zero-order valence-electron chi connectivity index (χ0n) is 12.7. The molecule has 0 radical (unpaired) electrons. The monoisotopic (exact) mass is 322 g/mol. The molecule has 5 nitrogen and oxygen atoms in total. The highest BCUT2D eigenvalue weighted by Gasteiger charge is 2.38. The summed E-state index contributed by atoms with van der Waals surface area (Å²) in [5, 5.41) is 9.87. The number of aromatic nitrogens is 1. The molecule has 120 valence electrons. The van der Waals surface area contributed by atoms with Crippen molar-refractivity contribution in [3.8, 4) is 0 Å². The topological polar surface area (TPSA) is 70.5 Å². The Morgan fingerprint density at radius 1 is 1.36 bits per heavy atom. The van der Waals surface area contributed by atoms with E-state index in [1.165, 1.54) is 11.3 Å². The van der Waals surface area contributed by atoms with Gasteiger partial charge >= 0.3 is 5.97 Å². The Morgan fingerprint density at radius 2 is 2.05 bits per heavy atom. The van der Waals surface area contributed by atoms with E-state index in [1.807, 2.05) is 0 Å². The van der Waals surface area contributed by atoms with Gasteiger partial charge in [0.1, 0.15) is 0 Å². The number of carbonyl (C=O) groups is 2. The fourth-order valence-electron chi connectivity index (χ4n) is 3.89. The van der Waals surface area contributed by atoms with Crippen molar-refractivity contribution in [1.29, 1.82) is 0 Å². The second-order valence-corrected chi connectivity index (χ2v) is 7.73. The van der Waals surface area contributed by atoms with Gasteiger partial charge in [0.25, 0.3) is 0 Å². The summed E-state index contributed by atoms with van der Waals surface area (Å²) in [4.78, 5) is 28.9. The molecule has 2 heterocycles. The number of piperidine rings is 1. The van der Waals surface area contributed by atoms with E-state index in [0.29, 0.717) is 22.6 Å². The van der Waals surface area contributed by atoms with Gasteiger partial charge in [0, 0.05) is 19.5 Å². The second-order valence-electron chi connectivity index (χ2n) is 6.69. The predicted octanol–water partition coefficient (Wildman–Crippen LogP) is 3.21. The van der Waals surface area contributed by atoms with E-state index in [2.05, 4.69) is 9.88 Å². The fraction of sp³-hybridized carbons (Fsp3) is 0.688. The van der Waals surface area contributed by atoms with Gasteiger partial charge in [-0.05, 0) is 49.9 Å². The van der Waals surface area contributed by atoms with Crippen LogP contribution in [0.25, 0.3) is 0 Å². The number of hydrogen-bond acceptors (Lipinski definition) is 5. The summed E-state index contributed by atoms with van der Waals surface area (Å²) in [5.41, 5.74) is 0.413. The average Bonchev–Trinajstić information content (AvgIpc) is 2.99. The molecule has 1 aliphatic carbocycles. The molecule has 1 aromatic rings. The molecule has 0 aromatic carbocycles. The van der Waals surface area contributed by atoms with Crippen LogP contribution in [0, 0.1) is 11.3 Å². The first kappa shape index (κ1) is 15.5. The zero-order chi connectivity index (χ0) is 15.6. The molecule has 0 unspecified atom stereocenters. The van der Waals surface area contributed by atoms with Crippen LogP contribution in [0.3, 0.4) is 0 Å². The largest absolute Gasteiger partial charge is 0.481 e. The molecule has 0 atom stereocenters. The van der Waals surface area contributed by atoms with E-state index in [0.717, 1.165) is 63.0 Å². The lowest BCUT2D eigenvalue weighted by Gasteiger charge is -2.45. The van der Waals surface area contributed by atoms with Gasteiger partial charge < -0.3 is 10.0 Å². The van der Waals surface area contributed by atoms with Crippen LogP contribution in [0.1, 0.15) is 54.6 Å². The van der Waals surface area contributed by atoms with E-state index >= 15 is 0 Å². The van der Waals surface area contributed by atoms with Gasteiger partial charge in [0.05, 0.1) is 11.1 Å². The van der Waals surface area contributed by atoms with Crippen LogP contribution < -0.4 is 4.90 Å². The van der Waals surface area contributed by atoms with Gasteiger partial charge in [0.15, 0.2) is 11.4 Å². The van der Waals surface area contributed by atoms with Crippen molar-refractivity contribution in [2.45, 2.75) is 44.9 Å². The number of carboxylic acid groups (broad SMARTS) is 1. The van der Waals surface area contributed by atoms with E-state index in [4.69, 9.17) is 5.11 Å². The normalized spacial score (nSPS) is 21.9. The molecule has 0 amide bonds. The first-order chi connectivity index (χ1) is 10.6. The van der Waals surface area contributed by atoms with Gasteiger partial charge in [0.2, 0.25) is 0 Å². The van der Waals surface area contributed by atoms with Crippen molar-refractivity contribution in [1.82, 2.24) is 4.98 Å². The molecule has 6 heteroatoms. The van der Waals surface area contributed by atoms with Crippen molar-refractivity contribution in [2.75, 3.05) is 18.0 Å². The van der Waals surface area contributed by atoms with Gasteiger partial charge in [-0.25, -0.2) is 4.98 Å². The SMILES string of the molecule is O=Cc1cnc(N2CCC3(CCC(CC(=O)O)CC3)CC2)s1. The number of thiazole rings is 1. The highest BCUT2D eigenvalue weighted by molar-refractivity contribution is 7.17. The molecule has 2 aliphatic rings.